The Balaban J connectivity index is 2.28. The van der Waals surface area contributed by atoms with Gasteiger partial charge in [-0.15, -0.1) is 0 Å². The number of amides is 1. The van der Waals surface area contributed by atoms with Crippen molar-refractivity contribution in [2.24, 2.45) is 0 Å². The first kappa shape index (κ1) is 13.5. The lowest BCUT2D eigenvalue weighted by Gasteiger charge is -2.09. The summed E-state index contributed by atoms with van der Waals surface area (Å²) in [6.07, 6.45) is 0. The zero-order valence-electron chi connectivity index (χ0n) is 9.58. The molecule has 98 valence electrons. The van der Waals surface area contributed by atoms with Gasteiger partial charge in [0.1, 0.15) is 11.6 Å². The fraction of sp³-hybridized carbons (Fsp3) is 0. The van der Waals surface area contributed by atoms with Gasteiger partial charge in [-0.1, -0.05) is 22.0 Å². The molecule has 0 spiro atoms. The summed E-state index contributed by atoms with van der Waals surface area (Å²) in [5, 5.41) is 2.34. The Bertz CT molecular complexity index is 647. The number of benzene rings is 2. The van der Waals surface area contributed by atoms with Gasteiger partial charge in [-0.3, -0.25) is 4.79 Å². The zero-order valence-corrected chi connectivity index (χ0v) is 11.2. The van der Waals surface area contributed by atoms with Gasteiger partial charge in [0, 0.05) is 4.47 Å². The second-order valence-electron chi connectivity index (χ2n) is 3.78. The summed E-state index contributed by atoms with van der Waals surface area (Å²) >= 11 is 3.11. The summed E-state index contributed by atoms with van der Waals surface area (Å²) in [5.74, 6) is -1.96. The maximum Gasteiger partial charge on any atom is 0.257 e. The van der Waals surface area contributed by atoms with Gasteiger partial charge in [-0.25, -0.2) is 8.78 Å². The van der Waals surface area contributed by atoms with E-state index in [1.807, 2.05) is 0 Å². The summed E-state index contributed by atoms with van der Waals surface area (Å²) < 4.78 is 27.3. The van der Waals surface area contributed by atoms with E-state index in [1.165, 1.54) is 24.3 Å². The van der Waals surface area contributed by atoms with E-state index in [-0.39, 0.29) is 16.9 Å². The number of hydrogen-bond acceptors (Lipinski definition) is 2. The lowest BCUT2D eigenvalue weighted by Crippen LogP contribution is -2.15. The van der Waals surface area contributed by atoms with Crippen molar-refractivity contribution in [2.45, 2.75) is 0 Å². The number of nitrogens with one attached hydrogen (secondary N) is 1. The maximum atomic E-state index is 13.6. The molecule has 0 aliphatic heterocycles. The molecular weight excluding hydrogens is 318 g/mol. The number of nitrogens with two attached hydrogens (primary N) is 1. The minimum absolute atomic E-state index is 0.00291. The molecule has 0 aliphatic carbocycles. The highest BCUT2D eigenvalue weighted by Crippen LogP contribution is 2.22. The van der Waals surface area contributed by atoms with Crippen LogP contribution in [0.3, 0.4) is 0 Å². The quantitative estimate of drug-likeness (QED) is 0.829. The molecular formula is C13H9BrF2N2O. The normalized spacial score (nSPS) is 10.3. The molecule has 2 aromatic carbocycles. The monoisotopic (exact) mass is 326 g/mol. The van der Waals surface area contributed by atoms with Gasteiger partial charge in [0.05, 0.1) is 16.9 Å². The number of halogens is 3. The Labute approximate surface area is 116 Å². The molecule has 0 radical (unpaired) electrons. The fourth-order valence-corrected chi connectivity index (χ4v) is 1.85. The van der Waals surface area contributed by atoms with Crippen LogP contribution in [0.25, 0.3) is 0 Å². The molecule has 19 heavy (non-hydrogen) atoms. The van der Waals surface area contributed by atoms with Gasteiger partial charge in [-0.05, 0) is 30.3 Å². The highest BCUT2D eigenvalue weighted by atomic mass is 79.9. The van der Waals surface area contributed by atoms with Crippen LogP contribution in [-0.2, 0) is 0 Å². The van der Waals surface area contributed by atoms with Gasteiger partial charge < -0.3 is 11.1 Å². The smallest absolute Gasteiger partial charge is 0.257 e. The van der Waals surface area contributed by atoms with Crippen LogP contribution in [0.2, 0.25) is 0 Å². The van der Waals surface area contributed by atoms with Crippen molar-refractivity contribution >= 4 is 33.2 Å². The minimum Gasteiger partial charge on any atom is -0.396 e. The summed E-state index contributed by atoms with van der Waals surface area (Å²) in [7, 11) is 0. The average Bonchev–Trinajstić information content (AvgIpc) is 2.36. The van der Waals surface area contributed by atoms with E-state index >= 15 is 0 Å². The second kappa shape index (κ2) is 5.36. The lowest BCUT2D eigenvalue weighted by atomic mass is 10.1. The molecule has 0 saturated heterocycles. The van der Waals surface area contributed by atoms with E-state index in [4.69, 9.17) is 5.73 Å². The first-order valence-corrected chi connectivity index (χ1v) is 6.08. The van der Waals surface area contributed by atoms with Gasteiger partial charge in [0.15, 0.2) is 0 Å². The lowest BCUT2D eigenvalue weighted by molar-refractivity contribution is 0.102. The number of carbonyl (C=O) groups excluding carboxylic acids is 1. The van der Waals surface area contributed by atoms with Crippen molar-refractivity contribution in [1.82, 2.24) is 0 Å². The van der Waals surface area contributed by atoms with Gasteiger partial charge in [-0.2, -0.15) is 0 Å². The van der Waals surface area contributed by atoms with Crippen LogP contribution in [0.4, 0.5) is 20.2 Å². The summed E-state index contributed by atoms with van der Waals surface area (Å²) in [6, 6.07) is 8.06. The molecule has 0 aromatic heterocycles. The molecule has 3 nitrogen and oxygen atoms in total. The minimum atomic E-state index is -0.691. The van der Waals surface area contributed by atoms with E-state index in [1.54, 1.807) is 6.07 Å². The van der Waals surface area contributed by atoms with E-state index in [0.717, 1.165) is 6.07 Å². The molecule has 0 heterocycles. The van der Waals surface area contributed by atoms with Crippen LogP contribution in [0.5, 0.6) is 0 Å². The molecule has 0 atom stereocenters. The van der Waals surface area contributed by atoms with E-state index in [9.17, 15) is 13.6 Å². The van der Waals surface area contributed by atoms with Crippen LogP contribution < -0.4 is 11.1 Å². The fourth-order valence-electron chi connectivity index (χ4n) is 1.52. The summed E-state index contributed by atoms with van der Waals surface area (Å²) in [5.41, 5.74) is 5.15. The van der Waals surface area contributed by atoms with Crippen molar-refractivity contribution in [1.29, 1.82) is 0 Å². The molecule has 0 unspecified atom stereocenters. The van der Waals surface area contributed by atoms with E-state index in [0.29, 0.717) is 4.47 Å². The number of para-hydroxylation sites is 1. The van der Waals surface area contributed by atoms with Gasteiger partial charge in [0.25, 0.3) is 5.91 Å². The molecule has 3 N–H and O–H groups in total. The van der Waals surface area contributed by atoms with E-state index < -0.39 is 17.5 Å². The topological polar surface area (TPSA) is 55.1 Å². The van der Waals surface area contributed by atoms with Crippen LogP contribution in [0.15, 0.2) is 40.9 Å². The Morgan fingerprint density at radius 1 is 1.16 bits per heavy atom. The van der Waals surface area contributed by atoms with E-state index in [2.05, 4.69) is 21.2 Å². The predicted molar refractivity (Wildman–Crippen MR) is 72.9 cm³/mol. The highest BCUT2D eigenvalue weighted by Gasteiger charge is 2.14. The average molecular weight is 327 g/mol. The second-order valence-corrected chi connectivity index (χ2v) is 4.70. The first-order valence-electron chi connectivity index (χ1n) is 5.29. The van der Waals surface area contributed by atoms with Crippen LogP contribution >= 0.6 is 15.9 Å². The molecule has 0 saturated carbocycles. The van der Waals surface area contributed by atoms with Crippen molar-refractivity contribution in [3.63, 3.8) is 0 Å². The van der Waals surface area contributed by atoms with Crippen LogP contribution in [-0.4, -0.2) is 5.91 Å². The van der Waals surface area contributed by atoms with Crippen molar-refractivity contribution in [3.8, 4) is 0 Å². The Kier molecular flexibility index (Phi) is 3.80. The number of anilines is 2. The SMILES string of the molecule is Nc1c(F)cccc1C(=O)Nc1ccc(Br)cc1F. The molecule has 0 bridgehead atoms. The maximum absolute atomic E-state index is 13.6. The Morgan fingerprint density at radius 3 is 2.58 bits per heavy atom. The number of rotatable bonds is 2. The van der Waals surface area contributed by atoms with Gasteiger partial charge >= 0.3 is 0 Å². The number of hydrogen-bond donors (Lipinski definition) is 2. The molecule has 0 fully saturated rings. The van der Waals surface area contributed by atoms with Crippen molar-refractivity contribution in [3.05, 3.63) is 58.1 Å². The molecule has 1 amide bonds. The third-order valence-corrected chi connectivity index (χ3v) is 2.97. The third-order valence-electron chi connectivity index (χ3n) is 2.48. The van der Waals surface area contributed by atoms with Gasteiger partial charge in [0.2, 0.25) is 0 Å². The molecule has 0 aliphatic rings. The number of nitrogen functional groups attached to an aromatic ring is 1. The predicted octanol–water partition coefficient (Wildman–Crippen LogP) is 3.56. The van der Waals surface area contributed by atoms with Crippen LogP contribution in [0, 0.1) is 11.6 Å². The molecule has 2 aromatic rings. The Hall–Kier alpha value is -1.95. The largest absolute Gasteiger partial charge is 0.396 e. The highest BCUT2D eigenvalue weighted by molar-refractivity contribution is 9.10. The summed E-state index contributed by atoms with van der Waals surface area (Å²) in [6.45, 7) is 0. The third kappa shape index (κ3) is 2.90. The zero-order chi connectivity index (χ0) is 14.0. The Morgan fingerprint density at radius 2 is 1.89 bits per heavy atom. The standard InChI is InChI=1S/C13H9BrF2N2O/c14-7-4-5-11(10(16)6-7)18-13(19)8-2-1-3-9(15)12(8)17/h1-6H,17H2,(H,18,19). The van der Waals surface area contributed by atoms with Crippen molar-refractivity contribution in [2.75, 3.05) is 11.1 Å². The first-order chi connectivity index (χ1) is 8.99. The van der Waals surface area contributed by atoms with Crippen LogP contribution in [0.1, 0.15) is 10.4 Å². The molecule has 2 rings (SSSR count). The number of carbonyl (C=O) groups is 1. The molecule has 6 heteroatoms. The summed E-state index contributed by atoms with van der Waals surface area (Å²) in [4.78, 5) is 11.9. The van der Waals surface area contributed by atoms with Crippen molar-refractivity contribution < 1.29 is 13.6 Å².